The van der Waals surface area contributed by atoms with Gasteiger partial charge in [-0.15, -0.1) is 0 Å². The van der Waals surface area contributed by atoms with Gasteiger partial charge in [-0.3, -0.25) is 9.20 Å². The number of nitrogens with zero attached hydrogens (tertiary/aromatic N) is 2. The predicted molar refractivity (Wildman–Crippen MR) is 176 cm³/mol. The highest BCUT2D eigenvalue weighted by Crippen LogP contribution is 2.38. The van der Waals surface area contributed by atoms with Crippen LogP contribution < -0.4 is 11.0 Å². The third kappa shape index (κ3) is 3.23. The molecular weight excluding hydrogens is 511 g/mol. The lowest BCUT2D eigenvalue weighted by molar-refractivity contribution is 1.19. The molecule has 0 aliphatic heterocycles. The Morgan fingerprint density at radius 2 is 1.21 bits per heavy atom. The molecule has 2 heterocycles. The lowest BCUT2D eigenvalue weighted by Crippen LogP contribution is -2.15. The molecule has 0 saturated carbocycles. The maximum Gasteiger partial charge on any atom is 0.264 e. The van der Waals surface area contributed by atoms with E-state index >= 15 is 0 Å². The minimum Gasteiger partial charge on any atom is -0.268 e. The van der Waals surface area contributed by atoms with E-state index in [1.54, 1.807) is 4.40 Å². The molecule has 9 aromatic rings. The molecule has 0 aliphatic rings. The van der Waals surface area contributed by atoms with Crippen molar-refractivity contribution in [3.05, 3.63) is 138 Å². The van der Waals surface area contributed by atoms with E-state index < -0.39 is 0 Å². The number of aromatic nitrogens is 2. The van der Waals surface area contributed by atoms with Crippen LogP contribution in [0.4, 0.5) is 0 Å². The minimum atomic E-state index is -0.0867. The average Bonchev–Trinajstić information content (AvgIpc) is 3.43. The molecule has 0 fully saturated rings. The molecule has 9 rings (SSSR count). The highest BCUT2D eigenvalue weighted by molar-refractivity contribution is 6.41. The number of fused-ring (bicyclic) bond motifs is 6. The van der Waals surface area contributed by atoms with Gasteiger partial charge < -0.3 is 0 Å². The second-order valence-corrected chi connectivity index (χ2v) is 11.0. The molecule has 0 spiro atoms. The van der Waals surface area contributed by atoms with E-state index in [0.717, 1.165) is 54.8 Å². The maximum absolute atomic E-state index is 14.2. The summed E-state index contributed by atoms with van der Waals surface area (Å²) >= 11 is 0. The van der Waals surface area contributed by atoms with Crippen LogP contribution in [0.3, 0.4) is 0 Å². The number of rotatable bonds is 2. The van der Waals surface area contributed by atoms with E-state index in [1.807, 2.05) is 30.3 Å². The van der Waals surface area contributed by atoms with Crippen molar-refractivity contribution in [1.29, 1.82) is 0 Å². The molecule has 3 nitrogen and oxygen atoms in total. The van der Waals surface area contributed by atoms with Gasteiger partial charge in [-0.25, -0.2) is 4.98 Å². The van der Waals surface area contributed by atoms with E-state index in [2.05, 4.69) is 97.1 Å². The number of benzene rings is 7. The molecule has 7 aromatic carbocycles. The monoisotopic (exact) mass is 532 g/mol. The van der Waals surface area contributed by atoms with Crippen molar-refractivity contribution in [2.24, 2.45) is 0 Å². The predicted octanol–water partition coefficient (Wildman–Crippen LogP) is 8.03. The summed E-state index contributed by atoms with van der Waals surface area (Å²) in [4.78, 5) is 19.4. The average molecular weight is 532 g/mol. The van der Waals surface area contributed by atoms with Crippen LogP contribution in [-0.2, 0) is 0 Å². The van der Waals surface area contributed by atoms with Crippen molar-refractivity contribution in [3.63, 3.8) is 0 Å². The van der Waals surface area contributed by atoms with Gasteiger partial charge in [0.05, 0.1) is 11.0 Å². The lowest BCUT2D eigenvalue weighted by Gasteiger charge is -2.11. The van der Waals surface area contributed by atoms with Gasteiger partial charge in [0.1, 0.15) is 13.5 Å². The van der Waals surface area contributed by atoms with Gasteiger partial charge in [0, 0.05) is 21.7 Å². The summed E-state index contributed by atoms with van der Waals surface area (Å²) in [6.07, 6.45) is 0. The first-order valence-corrected chi connectivity index (χ1v) is 14.1. The SMILES string of the molecule is [B]c1ccc2c3c1cccc3c(=O)n1c3cc(-c4ccc5ccccc5c4)cc(-c4ccc5ccccc5c4)c3nc21. The van der Waals surface area contributed by atoms with Gasteiger partial charge in [-0.05, 0) is 74.0 Å². The molecule has 192 valence electrons. The Hall–Kier alpha value is -5.48. The van der Waals surface area contributed by atoms with Crippen molar-refractivity contribution in [1.82, 2.24) is 9.38 Å². The second kappa shape index (κ2) is 8.51. The van der Waals surface area contributed by atoms with E-state index in [-0.39, 0.29) is 5.56 Å². The Morgan fingerprint density at radius 1 is 0.548 bits per heavy atom. The van der Waals surface area contributed by atoms with Crippen molar-refractivity contribution in [2.45, 2.75) is 0 Å². The molecule has 0 amide bonds. The van der Waals surface area contributed by atoms with Crippen molar-refractivity contribution >= 4 is 73.1 Å². The zero-order valence-corrected chi connectivity index (χ0v) is 22.5. The maximum atomic E-state index is 14.2. The Labute approximate surface area is 242 Å². The molecule has 2 radical (unpaired) electrons. The Balaban J connectivity index is 1.44. The van der Waals surface area contributed by atoms with Gasteiger partial charge in [-0.1, -0.05) is 103 Å². The Kier molecular flexibility index (Phi) is 4.71. The highest BCUT2D eigenvalue weighted by Gasteiger charge is 2.20. The van der Waals surface area contributed by atoms with E-state index in [9.17, 15) is 4.79 Å². The smallest absolute Gasteiger partial charge is 0.264 e. The minimum absolute atomic E-state index is 0.0867. The van der Waals surface area contributed by atoms with E-state index in [0.29, 0.717) is 16.5 Å². The molecule has 0 bridgehead atoms. The Bertz CT molecular complexity index is 2620. The normalized spacial score (nSPS) is 12.0. The van der Waals surface area contributed by atoms with Crippen LogP contribution in [0.2, 0.25) is 0 Å². The summed E-state index contributed by atoms with van der Waals surface area (Å²) in [5.74, 6) is 0. The van der Waals surface area contributed by atoms with Crippen LogP contribution in [0.5, 0.6) is 0 Å². The summed E-state index contributed by atoms with van der Waals surface area (Å²) in [5, 5.41) is 8.02. The van der Waals surface area contributed by atoms with Gasteiger partial charge in [-0.2, -0.15) is 0 Å². The Morgan fingerprint density at radius 3 is 1.98 bits per heavy atom. The van der Waals surface area contributed by atoms with Gasteiger partial charge in [0.2, 0.25) is 0 Å². The van der Waals surface area contributed by atoms with Crippen LogP contribution in [0.25, 0.3) is 82.0 Å². The number of hydrogen-bond donors (Lipinski definition) is 0. The zero-order valence-electron chi connectivity index (χ0n) is 22.5. The fourth-order valence-corrected chi connectivity index (χ4v) is 6.59. The molecule has 0 atom stereocenters. The third-order valence-corrected chi connectivity index (χ3v) is 8.65. The molecule has 0 saturated heterocycles. The molecular formula is C38H21BN2O. The molecule has 2 aromatic heterocycles. The van der Waals surface area contributed by atoms with Crippen molar-refractivity contribution < 1.29 is 0 Å². The lowest BCUT2D eigenvalue weighted by atomic mass is 9.88. The second-order valence-electron chi connectivity index (χ2n) is 11.0. The standard InChI is InChI=1S/C38H21BN2O/c39-33-17-16-30-35-29(33)10-5-11-31(35)38(42)41-34-21-28(26-14-12-22-6-1-3-8-24(22)18-26)20-32(36(34)40-37(30)41)27-15-13-23-7-2-4-9-25(23)19-27/h1-21H. The van der Waals surface area contributed by atoms with Crippen molar-refractivity contribution in [3.8, 4) is 22.3 Å². The zero-order chi connectivity index (χ0) is 27.9. The van der Waals surface area contributed by atoms with Gasteiger partial charge in [0.15, 0.2) is 0 Å². The number of pyridine rings is 1. The quantitative estimate of drug-likeness (QED) is 0.211. The van der Waals surface area contributed by atoms with Crippen LogP contribution in [0.1, 0.15) is 0 Å². The van der Waals surface area contributed by atoms with Gasteiger partial charge >= 0.3 is 0 Å². The van der Waals surface area contributed by atoms with E-state index in [4.69, 9.17) is 12.8 Å². The number of hydrogen-bond acceptors (Lipinski definition) is 2. The molecule has 0 N–H and O–H groups in total. The first kappa shape index (κ1) is 23.3. The van der Waals surface area contributed by atoms with Crippen LogP contribution in [0, 0.1) is 0 Å². The topological polar surface area (TPSA) is 34.4 Å². The highest BCUT2D eigenvalue weighted by atomic mass is 16.1. The largest absolute Gasteiger partial charge is 0.268 e. The third-order valence-electron chi connectivity index (χ3n) is 8.65. The summed E-state index contributed by atoms with van der Waals surface area (Å²) in [7, 11) is 6.34. The summed E-state index contributed by atoms with van der Waals surface area (Å²) < 4.78 is 1.79. The molecule has 4 heteroatoms. The van der Waals surface area contributed by atoms with Crippen LogP contribution in [-0.4, -0.2) is 17.2 Å². The summed E-state index contributed by atoms with van der Waals surface area (Å²) in [5.41, 5.74) is 6.99. The number of imidazole rings is 1. The molecule has 0 aliphatic carbocycles. The van der Waals surface area contributed by atoms with Crippen LogP contribution in [0.15, 0.2) is 132 Å². The molecule has 0 unspecified atom stereocenters. The fraction of sp³-hybridized carbons (Fsp3) is 0. The first-order valence-electron chi connectivity index (χ1n) is 14.1. The summed E-state index contributed by atoms with van der Waals surface area (Å²) in [6.45, 7) is 0. The van der Waals surface area contributed by atoms with Gasteiger partial charge in [0.25, 0.3) is 5.56 Å². The van der Waals surface area contributed by atoms with Crippen LogP contribution >= 0.6 is 0 Å². The fourth-order valence-electron chi connectivity index (χ4n) is 6.59. The first-order chi connectivity index (χ1) is 20.6. The van der Waals surface area contributed by atoms with Crippen molar-refractivity contribution in [2.75, 3.05) is 0 Å². The summed E-state index contributed by atoms with van der Waals surface area (Å²) in [6, 6.07) is 43.8. The molecule has 42 heavy (non-hydrogen) atoms. The van der Waals surface area contributed by atoms with E-state index in [1.165, 1.54) is 16.2 Å².